The number of nitrogens with zero attached hydrogens (tertiary/aromatic N) is 4. The minimum Gasteiger partial charge on any atom is -0.439 e. The second-order valence-corrected chi connectivity index (χ2v) is 8.79. The number of aryl methyl sites for hydroxylation is 1. The maximum atomic E-state index is 13.4. The van der Waals surface area contributed by atoms with E-state index in [1.165, 1.54) is 24.5 Å². The fraction of sp³-hybridized carbons (Fsp3) is 0.136. The Bertz CT molecular complexity index is 1390. The first-order valence-corrected chi connectivity index (χ1v) is 11.1. The lowest BCUT2D eigenvalue weighted by Crippen LogP contribution is -2.13. The van der Waals surface area contributed by atoms with E-state index in [0.717, 1.165) is 23.0 Å². The summed E-state index contributed by atoms with van der Waals surface area (Å²) >= 11 is 0. The van der Waals surface area contributed by atoms with E-state index < -0.39 is 15.8 Å². The Morgan fingerprint density at radius 2 is 1.75 bits per heavy atom. The summed E-state index contributed by atoms with van der Waals surface area (Å²) in [6.45, 7) is 5.89. The second-order valence-electron chi connectivity index (χ2n) is 7.11. The van der Waals surface area contributed by atoms with E-state index in [9.17, 15) is 12.8 Å². The Hall–Kier alpha value is -3.79. The third-order valence-corrected chi connectivity index (χ3v) is 6.31. The predicted molar refractivity (Wildman–Crippen MR) is 117 cm³/mol. The molecule has 32 heavy (non-hydrogen) atoms. The van der Waals surface area contributed by atoms with Crippen molar-refractivity contribution < 1.29 is 17.5 Å². The fourth-order valence-electron chi connectivity index (χ4n) is 3.01. The SMILES string of the molecule is Cc1nn(-c2cc(Oc3ccc(NS(=O)(=O)c4cccc(F)c4)cc3)ncn2)c(C)c1C. The van der Waals surface area contributed by atoms with Crippen LogP contribution in [0, 0.1) is 26.6 Å². The van der Waals surface area contributed by atoms with E-state index in [1.807, 2.05) is 20.8 Å². The lowest BCUT2D eigenvalue weighted by molar-refractivity contribution is 0.460. The molecule has 0 spiro atoms. The van der Waals surface area contributed by atoms with E-state index in [2.05, 4.69) is 19.8 Å². The van der Waals surface area contributed by atoms with E-state index in [4.69, 9.17) is 4.74 Å². The molecule has 4 rings (SSSR count). The standard InChI is InChI=1S/C22H20FN5O3S/c1-14-15(2)26-28(16(14)3)21-12-22(25-13-24-21)31-19-9-7-18(8-10-19)27-32(29,30)20-6-4-5-17(23)11-20/h4-13,27H,1-3H3. The highest BCUT2D eigenvalue weighted by molar-refractivity contribution is 7.92. The highest BCUT2D eigenvalue weighted by Crippen LogP contribution is 2.24. The molecule has 8 nitrogen and oxygen atoms in total. The predicted octanol–water partition coefficient (Wildman–Crippen LogP) is 4.32. The Morgan fingerprint density at radius 3 is 2.41 bits per heavy atom. The van der Waals surface area contributed by atoms with Crippen molar-refractivity contribution in [3.8, 4) is 17.4 Å². The molecule has 0 bridgehead atoms. The molecule has 0 aliphatic carbocycles. The van der Waals surface area contributed by atoms with Gasteiger partial charge < -0.3 is 4.74 Å². The van der Waals surface area contributed by atoms with Crippen LogP contribution in [0.5, 0.6) is 11.6 Å². The zero-order valence-corrected chi connectivity index (χ0v) is 18.4. The quantitative estimate of drug-likeness (QED) is 0.467. The summed E-state index contributed by atoms with van der Waals surface area (Å²) in [6.07, 6.45) is 1.39. The summed E-state index contributed by atoms with van der Waals surface area (Å²) < 4.78 is 48.1. The normalized spacial score (nSPS) is 11.4. The number of halogens is 1. The van der Waals surface area contributed by atoms with Gasteiger partial charge in [-0.15, -0.1) is 0 Å². The summed E-state index contributed by atoms with van der Waals surface area (Å²) in [6, 6.07) is 12.7. The van der Waals surface area contributed by atoms with Gasteiger partial charge in [0, 0.05) is 17.4 Å². The van der Waals surface area contributed by atoms with Gasteiger partial charge in [-0.1, -0.05) is 6.07 Å². The van der Waals surface area contributed by atoms with Crippen LogP contribution >= 0.6 is 0 Å². The molecule has 2 aromatic carbocycles. The van der Waals surface area contributed by atoms with Crippen LogP contribution in [0.3, 0.4) is 0 Å². The zero-order valence-electron chi connectivity index (χ0n) is 17.6. The van der Waals surface area contributed by atoms with Crippen LogP contribution in [0.4, 0.5) is 10.1 Å². The number of ether oxygens (including phenoxy) is 1. The summed E-state index contributed by atoms with van der Waals surface area (Å²) in [5, 5.41) is 4.49. The molecule has 164 valence electrons. The molecule has 0 saturated heterocycles. The van der Waals surface area contributed by atoms with Gasteiger partial charge in [0.05, 0.1) is 10.6 Å². The summed E-state index contributed by atoms with van der Waals surface area (Å²) in [5.41, 5.74) is 3.28. The van der Waals surface area contributed by atoms with Gasteiger partial charge in [0.25, 0.3) is 10.0 Å². The first-order valence-electron chi connectivity index (χ1n) is 9.64. The van der Waals surface area contributed by atoms with E-state index in [-0.39, 0.29) is 4.90 Å². The van der Waals surface area contributed by atoms with Crippen molar-refractivity contribution in [3.05, 3.63) is 83.7 Å². The van der Waals surface area contributed by atoms with Crippen LogP contribution in [0.25, 0.3) is 5.82 Å². The van der Waals surface area contributed by atoms with Gasteiger partial charge in [-0.05, 0) is 68.8 Å². The van der Waals surface area contributed by atoms with Crippen LogP contribution in [0.1, 0.15) is 17.0 Å². The van der Waals surface area contributed by atoms with Crippen LogP contribution in [-0.4, -0.2) is 28.2 Å². The van der Waals surface area contributed by atoms with Gasteiger partial charge >= 0.3 is 0 Å². The van der Waals surface area contributed by atoms with Crippen molar-refractivity contribution in [2.75, 3.05) is 4.72 Å². The fourth-order valence-corrected chi connectivity index (χ4v) is 4.09. The molecule has 1 N–H and O–H groups in total. The van der Waals surface area contributed by atoms with Crippen molar-refractivity contribution in [1.29, 1.82) is 0 Å². The molecule has 0 radical (unpaired) electrons. The van der Waals surface area contributed by atoms with Crippen LogP contribution in [0.2, 0.25) is 0 Å². The van der Waals surface area contributed by atoms with Gasteiger partial charge in [0.1, 0.15) is 17.9 Å². The largest absolute Gasteiger partial charge is 0.439 e. The first-order chi connectivity index (χ1) is 15.2. The number of anilines is 1. The summed E-state index contributed by atoms with van der Waals surface area (Å²) in [7, 11) is -3.91. The number of rotatable bonds is 6. The number of nitrogens with one attached hydrogen (secondary N) is 1. The lowest BCUT2D eigenvalue weighted by Gasteiger charge is -2.10. The minimum atomic E-state index is -3.91. The van der Waals surface area contributed by atoms with Gasteiger partial charge in [-0.3, -0.25) is 4.72 Å². The van der Waals surface area contributed by atoms with Crippen LogP contribution < -0.4 is 9.46 Å². The van der Waals surface area contributed by atoms with Crippen molar-refractivity contribution in [2.45, 2.75) is 25.7 Å². The number of hydrogen-bond donors (Lipinski definition) is 1. The Kier molecular flexibility index (Phi) is 5.62. The van der Waals surface area contributed by atoms with Gasteiger partial charge in [0.2, 0.25) is 5.88 Å². The molecule has 2 aromatic heterocycles. The number of aromatic nitrogens is 4. The molecule has 4 aromatic rings. The monoisotopic (exact) mass is 453 g/mol. The number of sulfonamides is 1. The second kappa shape index (κ2) is 8.39. The van der Waals surface area contributed by atoms with E-state index in [1.54, 1.807) is 35.0 Å². The lowest BCUT2D eigenvalue weighted by atomic mass is 10.2. The zero-order chi connectivity index (χ0) is 22.9. The molecule has 2 heterocycles. The van der Waals surface area contributed by atoms with Crippen molar-refractivity contribution in [2.24, 2.45) is 0 Å². The Balaban J connectivity index is 1.50. The topological polar surface area (TPSA) is 99.0 Å². The van der Waals surface area contributed by atoms with Gasteiger partial charge in [-0.25, -0.2) is 27.5 Å². The molecule has 0 fully saturated rings. The molecular weight excluding hydrogens is 433 g/mol. The average molecular weight is 453 g/mol. The average Bonchev–Trinajstić information content (AvgIpc) is 3.02. The highest BCUT2D eigenvalue weighted by Gasteiger charge is 2.15. The smallest absolute Gasteiger partial charge is 0.261 e. The molecule has 0 atom stereocenters. The third-order valence-electron chi connectivity index (χ3n) is 4.93. The van der Waals surface area contributed by atoms with E-state index >= 15 is 0 Å². The molecule has 0 saturated carbocycles. The van der Waals surface area contributed by atoms with E-state index in [0.29, 0.717) is 23.1 Å². The van der Waals surface area contributed by atoms with Crippen LogP contribution in [0.15, 0.2) is 65.8 Å². The molecular formula is C22H20FN5O3S. The van der Waals surface area contributed by atoms with Gasteiger partial charge in [-0.2, -0.15) is 5.10 Å². The maximum absolute atomic E-state index is 13.4. The third kappa shape index (κ3) is 4.45. The maximum Gasteiger partial charge on any atom is 0.261 e. The summed E-state index contributed by atoms with van der Waals surface area (Å²) in [4.78, 5) is 8.23. The molecule has 0 aliphatic rings. The van der Waals surface area contributed by atoms with Crippen molar-refractivity contribution in [3.63, 3.8) is 0 Å². The molecule has 10 heteroatoms. The van der Waals surface area contributed by atoms with Crippen LogP contribution in [-0.2, 0) is 10.0 Å². The Morgan fingerprint density at radius 1 is 1.00 bits per heavy atom. The van der Waals surface area contributed by atoms with Crippen molar-refractivity contribution in [1.82, 2.24) is 19.7 Å². The highest BCUT2D eigenvalue weighted by atomic mass is 32.2. The Labute approximate surface area is 184 Å². The van der Waals surface area contributed by atoms with Gasteiger partial charge in [0.15, 0.2) is 5.82 Å². The molecule has 0 amide bonds. The van der Waals surface area contributed by atoms with Crippen molar-refractivity contribution >= 4 is 15.7 Å². The first kappa shape index (κ1) is 21.4. The number of hydrogen-bond acceptors (Lipinski definition) is 6. The number of benzene rings is 2. The minimum absolute atomic E-state index is 0.161. The molecule has 0 aliphatic heterocycles. The molecule has 0 unspecified atom stereocenters. The summed E-state index contributed by atoms with van der Waals surface area (Å²) in [5.74, 6) is 0.709.